The molecule has 0 bridgehead atoms. The van der Waals surface area contributed by atoms with Gasteiger partial charge in [0.2, 0.25) is 0 Å². The molecule has 154 valence electrons. The summed E-state index contributed by atoms with van der Waals surface area (Å²) in [4.78, 5) is 33.4. The number of nitriles is 1. The zero-order valence-corrected chi connectivity index (χ0v) is 17.8. The number of aromatic nitrogens is 2. The van der Waals surface area contributed by atoms with Crippen LogP contribution in [0.25, 0.3) is 11.0 Å². The van der Waals surface area contributed by atoms with Gasteiger partial charge < -0.3 is 14.2 Å². The van der Waals surface area contributed by atoms with E-state index >= 15 is 0 Å². The minimum Gasteiger partial charge on any atom is -0.444 e. The van der Waals surface area contributed by atoms with Gasteiger partial charge in [-0.3, -0.25) is 9.69 Å². The summed E-state index contributed by atoms with van der Waals surface area (Å²) in [6, 6.07) is 6.96. The van der Waals surface area contributed by atoms with E-state index in [-0.39, 0.29) is 11.7 Å². The van der Waals surface area contributed by atoms with Crippen LogP contribution >= 0.6 is 0 Å². The first-order chi connectivity index (χ1) is 13.4. The number of amides is 1. The molecule has 0 saturated carbocycles. The van der Waals surface area contributed by atoms with Crippen molar-refractivity contribution in [3.05, 3.63) is 34.2 Å². The number of anilines is 1. The molecular formula is C21H27N5O3. The Bertz CT molecular complexity index is 1060. The van der Waals surface area contributed by atoms with Crippen molar-refractivity contribution in [1.82, 2.24) is 14.5 Å². The van der Waals surface area contributed by atoms with E-state index in [4.69, 9.17) is 4.74 Å². The van der Waals surface area contributed by atoms with E-state index in [1.807, 2.05) is 34.6 Å². The highest BCUT2D eigenvalue weighted by atomic mass is 16.6. The second-order valence-electron chi connectivity index (χ2n) is 8.97. The smallest absolute Gasteiger partial charge is 0.410 e. The highest BCUT2D eigenvalue weighted by Gasteiger charge is 2.39. The topological polar surface area (TPSA) is 91.5 Å². The first-order valence-corrected chi connectivity index (χ1v) is 9.59. The third kappa shape index (κ3) is 4.04. The van der Waals surface area contributed by atoms with Gasteiger partial charge in [-0.25, -0.2) is 9.78 Å². The Morgan fingerprint density at radius 2 is 1.97 bits per heavy atom. The van der Waals surface area contributed by atoms with Crippen LogP contribution in [0.15, 0.2) is 23.0 Å². The fourth-order valence-corrected chi connectivity index (χ4v) is 3.63. The number of pyridine rings is 2. The number of hydrogen-bond donors (Lipinski definition) is 0. The standard InChI is InChI=1S/C21H27N5O3/c1-20(2,3)29-19(28)26-10-9-25(13-21(26,4)5)16-11-17(27)24(6)15-8-7-14(12-22)23-18(15)16/h7-8,11H,9-10,13H2,1-6H3. The SMILES string of the molecule is Cn1c(=O)cc(N2CCN(C(=O)OC(C)(C)C)C(C)(C)C2)c2nc(C#N)ccc21. The van der Waals surface area contributed by atoms with Crippen molar-refractivity contribution in [3.8, 4) is 6.07 Å². The lowest BCUT2D eigenvalue weighted by Crippen LogP contribution is -2.62. The van der Waals surface area contributed by atoms with E-state index in [0.717, 1.165) is 0 Å². The van der Waals surface area contributed by atoms with Gasteiger partial charge in [-0.1, -0.05) is 0 Å². The van der Waals surface area contributed by atoms with E-state index in [1.165, 1.54) is 4.57 Å². The van der Waals surface area contributed by atoms with E-state index in [2.05, 4.69) is 16.0 Å². The Morgan fingerprint density at radius 3 is 2.55 bits per heavy atom. The maximum absolute atomic E-state index is 12.7. The Hall–Kier alpha value is -3.08. The molecule has 29 heavy (non-hydrogen) atoms. The van der Waals surface area contributed by atoms with Gasteiger partial charge in [-0.2, -0.15) is 5.26 Å². The van der Waals surface area contributed by atoms with Crippen LogP contribution in [0.1, 0.15) is 40.3 Å². The number of carbonyl (C=O) groups is 1. The number of rotatable bonds is 1. The van der Waals surface area contributed by atoms with Gasteiger partial charge in [0.1, 0.15) is 22.9 Å². The zero-order chi connectivity index (χ0) is 21.6. The number of fused-ring (bicyclic) bond motifs is 1. The molecule has 0 unspecified atom stereocenters. The third-order valence-electron chi connectivity index (χ3n) is 5.04. The molecule has 2 aromatic heterocycles. The largest absolute Gasteiger partial charge is 0.444 e. The van der Waals surface area contributed by atoms with Gasteiger partial charge >= 0.3 is 6.09 Å². The van der Waals surface area contributed by atoms with Gasteiger partial charge in [0.05, 0.1) is 16.7 Å². The van der Waals surface area contributed by atoms with Crippen LogP contribution in [-0.4, -0.2) is 51.3 Å². The van der Waals surface area contributed by atoms with Crippen LogP contribution in [0.2, 0.25) is 0 Å². The van der Waals surface area contributed by atoms with Gasteiger partial charge in [0.25, 0.3) is 5.56 Å². The Balaban J connectivity index is 1.99. The highest BCUT2D eigenvalue weighted by Crippen LogP contribution is 2.30. The van der Waals surface area contributed by atoms with Crippen LogP contribution in [0.5, 0.6) is 0 Å². The van der Waals surface area contributed by atoms with Crippen molar-refractivity contribution in [2.45, 2.75) is 45.8 Å². The fourth-order valence-electron chi connectivity index (χ4n) is 3.63. The minimum absolute atomic E-state index is 0.147. The van der Waals surface area contributed by atoms with Crippen molar-refractivity contribution >= 4 is 22.8 Å². The van der Waals surface area contributed by atoms with Crippen molar-refractivity contribution < 1.29 is 9.53 Å². The van der Waals surface area contributed by atoms with Gasteiger partial charge in [0.15, 0.2) is 0 Å². The molecule has 0 spiro atoms. The van der Waals surface area contributed by atoms with Gasteiger partial charge in [0, 0.05) is 32.7 Å². The van der Waals surface area contributed by atoms with Crippen LogP contribution in [0.4, 0.5) is 10.5 Å². The molecule has 3 rings (SSSR count). The zero-order valence-electron chi connectivity index (χ0n) is 17.8. The van der Waals surface area contributed by atoms with Crippen LogP contribution in [0.3, 0.4) is 0 Å². The summed E-state index contributed by atoms with van der Waals surface area (Å²) in [6.07, 6.45) is -0.346. The second kappa shape index (κ2) is 7.07. The molecule has 1 amide bonds. The van der Waals surface area contributed by atoms with Crippen molar-refractivity contribution in [2.24, 2.45) is 7.05 Å². The van der Waals surface area contributed by atoms with E-state index in [9.17, 15) is 14.9 Å². The van der Waals surface area contributed by atoms with Crippen molar-refractivity contribution in [2.75, 3.05) is 24.5 Å². The molecule has 0 N–H and O–H groups in total. The molecule has 8 nitrogen and oxygen atoms in total. The quantitative estimate of drug-likeness (QED) is 0.735. The molecule has 1 fully saturated rings. The van der Waals surface area contributed by atoms with Crippen LogP contribution < -0.4 is 10.5 Å². The molecule has 1 aliphatic heterocycles. The summed E-state index contributed by atoms with van der Waals surface area (Å²) >= 11 is 0. The van der Waals surface area contributed by atoms with Gasteiger partial charge in [-0.15, -0.1) is 0 Å². The summed E-state index contributed by atoms with van der Waals surface area (Å²) in [6.45, 7) is 11.0. The fraction of sp³-hybridized carbons (Fsp3) is 0.524. The number of nitrogens with zero attached hydrogens (tertiary/aromatic N) is 5. The Morgan fingerprint density at radius 1 is 1.28 bits per heavy atom. The van der Waals surface area contributed by atoms with E-state index < -0.39 is 11.1 Å². The normalized spacial score (nSPS) is 16.6. The summed E-state index contributed by atoms with van der Waals surface area (Å²) < 4.78 is 7.08. The molecule has 1 saturated heterocycles. The number of ether oxygens (including phenoxy) is 1. The van der Waals surface area contributed by atoms with E-state index in [0.29, 0.717) is 42.0 Å². The molecule has 1 aliphatic rings. The first kappa shape index (κ1) is 20.6. The average molecular weight is 397 g/mol. The minimum atomic E-state index is -0.566. The lowest BCUT2D eigenvalue weighted by atomic mass is 9.98. The maximum atomic E-state index is 12.7. The lowest BCUT2D eigenvalue weighted by molar-refractivity contribution is 0.000397. The number of hydrogen-bond acceptors (Lipinski definition) is 6. The van der Waals surface area contributed by atoms with Crippen molar-refractivity contribution in [1.29, 1.82) is 5.26 Å². The summed E-state index contributed by atoms with van der Waals surface area (Å²) in [5, 5.41) is 9.24. The van der Waals surface area contributed by atoms with Crippen molar-refractivity contribution in [3.63, 3.8) is 0 Å². The molecule has 3 heterocycles. The molecule has 0 atom stereocenters. The number of carbonyl (C=O) groups excluding carboxylic acids is 1. The Kier molecular flexibility index (Phi) is 5.03. The molecule has 2 aromatic rings. The molecule has 0 radical (unpaired) electrons. The number of piperazine rings is 1. The molecule has 0 aromatic carbocycles. The lowest BCUT2D eigenvalue weighted by Gasteiger charge is -2.47. The second-order valence-corrected chi connectivity index (χ2v) is 8.97. The Labute approximate surface area is 170 Å². The van der Waals surface area contributed by atoms with Crippen LogP contribution in [-0.2, 0) is 11.8 Å². The maximum Gasteiger partial charge on any atom is 0.410 e. The summed E-state index contributed by atoms with van der Waals surface area (Å²) in [5.41, 5.74) is 1.02. The highest BCUT2D eigenvalue weighted by molar-refractivity contribution is 5.89. The first-order valence-electron chi connectivity index (χ1n) is 9.59. The molecular weight excluding hydrogens is 370 g/mol. The monoisotopic (exact) mass is 397 g/mol. The van der Waals surface area contributed by atoms with Gasteiger partial charge in [-0.05, 0) is 46.8 Å². The average Bonchev–Trinajstić information content (AvgIpc) is 2.61. The predicted octanol–water partition coefficient (Wildman–Crippen LogP) is 2.64. The molecule has 0 aliphatic carbocycles. The van der Waals surface area contributed by atoms with Crippen LogP contribution in [0, 0.1) is 11.3 Å². The number of aryl methyl sites for hydroxylation is 1. The predicted molar refractivity (Wildman–Crippen MR) is 111 cm³/mol. The summed E-state index contributed by atoms with van der Waals surface area (Å²) in [7, 11) is 1.69. The van der Waals surface area contributed by atoms with E-state index in [1.54, 1.807) is 30.1 Å². The summed E-state index contributed by atoms with van der Waals surface area (Å²) in [5.74, 6) is 0. The third-order valence-corrected chi connectivity index (χ3v) is 5.04. The molecule has 8 heteroatoms.